The minimum atomic E-state index is 0.225. The second-order valence-corrected chi connectivity index (χ2v) is 6.13. The maximum Gasteiger partial charge on any atom is 0.203 e. The Morgan fingerprint density at radius 2 is 1.87 bits per heavy atom. The first-order chi connectivity index (χ1) is 11.1. The largest absolute Gasteiger partial charge is 0.507 e. The number of phenols is 1. The molecule has 23 heavy (non-hydrogen) atoms. The Labute approximate surface area is 139 Å². The highest BCUT2D eigenvalue weighted by molar-refractivity contribution is 7.14. The lowest BCUT2D eigenvalue weighted by Gasteiger charge is -2.04. The number of thiazole rings is 1. The monoisotopic (exact) mass is 323 g/mol. The third-order valence-corrected chi connectivity index (χ3v) is 4.33. The average Bonchev–Trinajstić information content (AvgIpc) is 3.02. The minimum absolute atomic E-state index is 0.225. The number of aryl methyl sites for hydroxylation is 2. The average molecular weight is 323 g/mol. The van der Waals surface area contributed by atoms with Gasteiger partial charge >= 0.3 is 0 Å². The summed E-state index contributed by atoms with van der Waals surface area (Å²) in [6.45, 7) is 3.97. The van der Waals surface area contributed by atoms with Crippen molar-refractivity contribution in [2.45, 2.75) is 13.8 Å². The number of hydrazone groups is 1. The van der Waals surface area contributed by atoms with Gasteiger partial charge in [0, 0.05) is 16.5 Å². The summed E-state index contributed by atoms with van der Waals surface area (Å²) >= 11 is 1.49. The number of phenolic OH excluding ortho intramolecular Hbond substituents is 1. The number of aromatic nitrogens is 1. The van der Waals surface area contributed by atoms with Gasteiger partial charge in [-0.15, -0.1) is 11.3 Å². The topological polar surface area (TPSA) is 57.5 Å². The summed E-state index contributed by atoms with van der Waals surface area (Å²) in [5.41, 5.74) is 7.76. The molecular weight excluding hydrogens is 306 g/mol. The maximum atomic E-state index is 9.93. The molecule has 1 heterocycles. The quantitative estimate of drug-likeness (QED) is 0.546. The Hall–Kier alpha value is -2.66. The molecule has 0 aliphatic carbocycles. The van der Waals surface area contributed by atoms with E-state index in [4.69, 9.17) is 0 Å². The third-order valence-electron chi connectivity index (χ3n) is 3.58. The molecule has 2 aromatic carbocycles. The molecule has 1 aromatic heterocycles. The van der Waals surface area contributed by atoms with E-state index in [-0.39, 0.29) is 5.75 Å². The number of nitrogens with zero attached hydrogens (tertiary/aromatic N) is 2. The van der Waals surface area contributed by atoms with Crippen molar-refractivity contribution in [3.05, 3.63) is 64.5 Å². The first-order valence-electron chi connectivity index (χ1n) is 7.24. The fourth-order valence-electron chi connectivity index (χ4n) is 2.15. The zero-order valence-corrected chi connectivity index (χ0v) is 13.8. The molecule has 0 radical (unpaired) electrons. The minimum Gasteiger partial charge on any atom is -0.507 e. The fourth-order valence-corrected chi connectivity index (χ4v) is 2.82. The first kappa shape index (κ1) is 15.2. The molecule has 0 atom stereocenters. The van der Waals surface area contributed by atoms with Crippen LogP contribution in [0.15, 0.2) is 52.9 Å². The van der Waals surface area contributed by atoms with E-state index >= 15 is 0 Å². The zero-order valence-electron chi connectivity index (χ0n) is 12.9. The van der Waals surface area contributed by atoms with Crippen LogP contribution in [0, 0.1) is 13.8 Å². The van der Waals surface area contributed by atoms with Gasteiger partial charge < -0.3 is 5.11 Å². The van der Waals surface area contributed by atoms with Crippen LogP contribution >= 0.6 is 11.3 Å². The molecule has 0 aliphatic heterocycles. The number of nitrogens with one attached hydrogen (secondary N) is 1. The van der Waals surface area contributed by atoms with Crippen molar-refractivity contribution in [1.29, 1.82) is 0 Å². The number of anilines is 1. The van der Waals surface area contributed by atoms with Gasteiger partial charge in [0.15, 0.2) is 0 Å². The van der Waals surface area contributed by atoms with Gasteiger partial charge in [-0.05, 0) is 37.1 Å². The van der Waals surface area contributed by atoms with Crippen LogP contribution in [0.2, 0.25) is 0 Å². The van der Waals surface area contributed by atoms with Gasteiger partial charge in [-0.2, -0.15) is 5.10 Å². The van der Waals surface area contributed by atoms with E-state index < -0.39 is 0 Å². The van der Waals surface area contributed by atoms with E-state index in [1.165, 1.54) is 11.3 Å². The van der Waals surface area contributed by atoms with Crippen molar-refractivity contribution in [2.24, 2.45) is 5.10 Å². The molecule has 0 spiro atoms. The SMILES string of the molecule is Cc1cc(O)c(C=NNc2nc(-c3ccccc3)cs2)cc1C. The molecule has 0 bridgehead atoms. The highest BCUT2D eigenvalue weighted by Gasteiger charge is 2.04. The van der Waals surface area contributed by atoms with Crippen LogP contribution in [-0.2, 0) is 0 Å². The molecule has 0 aliphatic rings. The Morgan fingerprint density at radius 3 is 2.65 bits per heavy atom. The fraction of sp³-hybridized carbons (Fsp3) is 0.111. The van der Waals surface area contributed by atoms with Gasteiger partial charge in [0.25, 0.3) is 0 Å². The van der Waals surface area contributed by atoms with Crippen LogP contribution in [0.3, 0.4) is 0 Å². The van der Waals surface area contributed by atoms with E-state index in [9.17, 15) is 5.11 Å². The molecule has 0 saturated heterocycles. The molecule has 0 amide bonds. The number of hydrogen-bond donors (Lipinski definition) is 2. The van der Waals surface area contributed by atoms with E-state index in [1.807, 2.05) is 55.6 Å². The van der Waals surface area contributed by atoms with Gasteiger partial charge in [-0.1, -0.05) is 30.3 Å². The van der Waals surface area contributed by atoms with Crippen molar-refractivity contribution < 1.29 is 5.11 Å². The van der Waals surface area contributed by atoms with Crippen LogP contribution in [0.25, 0.3) is 11.3 Å². The van der Waals surface area contributed by atoms with Crippen molar-refractivity contribution in [3.63, 3.8) is 0 Å². The Kier molecular flexibility index (Phi) is 4.39. The molecule has 0 saturated carbocycles. The van der Waals surface area contributed by atoms with Crippen molar-refractivity contribution >= 4 is 22.7 Å². The van der Waals surface area contributed by atoms with E-state index in [2.05, 4.69) is 15.5 Å². The van der Waals surface area contributed by atoms with Gasteiger partial charge in [-0.3, -0.25) is 5.43 Å². The van der Waals surface area contributed by atoms with E-state index in [1.54, 1.807) is 12.3 Å². The zero-order chi connectivity index (χ0) is 16.2. The number of benzene rings is 2. The molecule has 0 unspecified atom stereocenters. The van der Waals surface area contributed by atoms with Crippen LogP contribution in [0.1, 0.15) is 16.7 Å². The van der Waals surface area contributed by atoms with Crippen LogP contribution in [-0.4, -0.2) is 16.3 Å². The molecule has 0 fully saturated rings. The molecule has 3 aromatic rings. The lowest BCUT2D eigenvalue weighted by Crippen LogP contribution is -1.92. The lowest BCUT2D eigenvalue weighted by atomic mass is 10.1. The smallest absolute Gasteiger partial charge is 0.203 e. The normalized spacial score (nSPS) is 11.0. The Morgan fingerprint density at radius 1 is 1.13 bits per heavy atom. The summed E-state index contributed by atoms with van der Waals surface area (Å²) in [4.78, 5) is 4.50. The van der Waals surface area contributed by atoms with Crippen LogP contribution in [0.4, 0.5) is 5.13 Å². The summed E-state index contributed by atoms with van der Waals surface area (Å²) in [7, 11) is 0. The lowest BCUT2D eigenvalue weighted by molar-refractivity contribution is 0.474. The molecule has 2 N–H and O–H groups in total. The van der Waals surface area contributed by atoms with Crippen LogP contribution in [0.5, 0.6) is 5.75 Å². The van der Waals surface area contributed by atoms with Gasteiger partial charge in [-0.25, -0.2) is 4.98 Å². The molecular formula is C18H17N3OS. The van der Waals surface area contributed by atoms with Crippen molar-refractivity contribution in [2.75, 3.05) is 5.43 Å². The molecule has 116 valence electrons. The highest BCUT2D eigenvalue weighted by atomic mass is 32.1. The summed E-state index contributed by atoms with van der Waals surface area (Å²) in [5, 5.41) is 16.8. The molecule has 3 rings (SSSR count). The van der Waals surface area contributed by atoms with Gasteiger partial charge in [0.05, 0.1) is 11.9 Å². The number of hydrogen-bond acceptors (Lipinski definition) is 5. The number of aromatic hydroxyl groups is 1. The predicted octanol–water partition coefficient (Wildman–Crippen LogP) is 4.58. The molecule has 5 heteroatoms. The number of rotatable bonds is 4. The standard InChI is InChI=1S/C18H17N3OS/c1-12-8-15(17(22)9-13(12)2)10-19-21-18-20-16(11-23-18)14-6-4-3-5-7-14/h3-11,22H,1-2H3,(H,20,21). The Balaban J connectivity index is 1.72. The van der Waals surface area contributed by atoms with Gasteiger partial charge in [0.1, 0.15) is 5.75 Å². The van der Waals surface area contributed by atoms with Crippen LogP contribution < -0.4 is 5.43 Å². The summed E-state index contributed by atoms with van der Waals surface area (Å²) < 4.78 is 0. The van der Waals surface area contributed by atoms with E-state index in [0.29, 0.717) is 10.7 Å². The molecule has 4 nitrogen and oxygen atoms in total. The van der Waals surface area contributed by atoms with E-state index in [0.717, 1.165) is 22.4 Å². The Bertz CT molecular complexity index is 841. The van der Waals surface area contributed by atoms with Crippen molar-refractivity contribution in [3.8, 4) is 17.0 Å². The predicted molar refractivity (Wildman–Crippen MR) is 96.3 cm³/mol. The first-order valence-corrected chi connectivity index (χ1v) is 8.11. The third kappa shape index (κ3) is 3.57. The summed E-state index contributed by atoms with van der Waals surface area (Å²) in [6.07, 6.45) is 1.60. The van der Waals surface area contributed by atoms with Gasteiger partial charge in [0.2, 0.25) is 5.13 Å². The maximum absolute atomic E-state index is 9.93. The second kappa shape index (κ2) is 6.62. The second-order valence-electron chi connectivity index (χ2n) is 5.27. The van der Waals surface area contributed by atoms with Crippen molar-refractivity contribution in [1.82, 2.24) is 4.98 Å². The summed E-state index contributed by atoms with van der Waals surface area (Å²) in [6, 6.07) is 13.7. The highest BCUT2D eigenvalue weighted by Crippen LogP contribution is 2.25. The summed E-state index contributed by atoms with van der Waals surface area (Å²) in [5.74, 6) is 0.225.